The topological polar surface area (TPSA) is 68.9 Å². The molecule has 0 saturated heterocycles. The molecule has 0 radical (unpaired) electrons. The van der Waals surface area contributed by atoms with Gasteiger partial charge in [0.25, 0.3) is 0 Å². The summed E-state index contributed by atoms with van der Waals surface area (Å²) in [5, 5.41) is 8.88. The monoisotopic (exact) mass is 266 g/mol. The van der Waals surface area contributed by atoms with E-state index in [0.29, 0.717) is 30.9 Å². The second-order valence-corrected chi connectivity index (χ2v) is 4.77. The van der Waals surface area contributed by atoms with Gasteiger partial charge in [0.15, 0.2) is 0 Å². The van der Waals surface area contributed by atoms with E-state index in [9.17, 15) is 0 Å². The average Bonchev–Trinajstić information content (AvgIpc) is 3.13. The smallest absolute Gasteiger partial charge is 0.231 e. The number of rotatable bonds is 5. The molecule has 0 aliphatic heterocycles. The summed E-state index contributed by atoms with van der Waals surface area (Å²) in [5.74, 6) is 1.10. The van der Waals surface area contributed by atoms with Crippen LogP contribution in [0.15, 0.2) is 0 Å². The van der Waals surface area contributed by atoms with Crippen molar-refractivity contribution >= 4 is 23.5 Å². The van der Waals surface area contributed by atoms with Gasteiger partial charge in [-0.25, -0.2) is 0 Å². The minimum absolute atomic E-state index is 0.186. The van der Waals surface area contributed by atoms with E-state index < -0.39 is 0 Å². The van der Waals surface area contributed by atoms with Crippen LogP contribution in [0.2, 0.25) is 5.28 Å². The molecule has 1 aliphatic carbocycles. The van der Waals surface area contributed by atoms with E-state index in [0.717, 1.165) is 12.8 Å². The van der Waals surface area contributed by atoms with Crippen LogP contribution in [0.3, 0.4) is 0 Å². The lowest BCUT2D eigenvalue weighted by Gasteiger charge is -2.22. The molecular weight excluding hydrogens is 252 g/mol. The summed E-state index contributed by atoms with van der Waals surface area (Å²) in [6.45, 7) is 0.633. The molecular formula is C11H15ClN6. The summed E-state index contributed by atoms with van der Waals surface area (Å²) in [7, 11) is 3.71. The second kappa shape index (κ2) is 5.36. The van der Waals surface area contributed by atoms with E-state index in [-0.39, 0.29) is 5.28 Å². The van der Waals surface area contributed by atoms with Gasteiger partial charge in [0, 0.05) is 26.7 Å². The number of nitrogens with zero attached hydrogens (tertiary/aromatic N) is 6. The number of hydrogen-bond donors (Lipinski definition) is 0. The molecule has 0 N–H and O–H groups in total. The lowest BCUT2D eigenvalue weighted by molar-refractivity contribution is 0.751. The molecule has 1 aromatic rings. The van der Waals surface area contributed by atoms with Crippen molar-refractivity contribution in [2.24, 2.45) is 0 Å². The number of hydrogen-bond acceptors (Lipinski definition) is 6. The van der Waals surface area contributed by atoms with Crippen LogP contribution in [-0.4, -0.2) is 41.6 Å². The van der Waals surface area contributed by atoms with Gasteiger partial charge < -0.3 is 9.80 Å². The molecule has 0 spiro atoms. The Hall–Kier alpha value is -1.61. The molecule has 0 atom stereocenters. The molecule has 1 heterocycles. The first-order valence-corrected chi connectivity index (χ1v) is 6.22. The van der Waals surface area contributed by atoms with Crippen molar-refractivity contribution in [3.63, 3.8) is 0 Å². The first-order valence-electron chi connectivity index (χ1n) is 5.84. The molecule has 7 heteroatoms. The van der Waals surface area contributed by atoms with Crippen LogP contribution in [0, 0.1) is 11.3 Å². The highest BCUT2D eigenvalue weighted by Gasteiger charge is 2.31. The molecule has 1 aromatic heterocycles. The first-order chi connectivity index (χ1) is 8.61. The predicted octanol–water partition coefficient (Wildman–Crippen LogP) is 1.47. The van der Waals surface area contributed by atoms with E-state index in [1.54, 1.807) is 4.90 Å². The lowest BCUT2D eigenvalue weighted by Crippen LogP contribution is -2.29. The van der Waals surface area contributed by atoms with Crippen LogP contribution in [-0.2, 0) is 0 Å². The maximum Gasteiger partial charge on any atom is 0.231 e. The van der Waals surface area contributed by atoms with Gasteiger partial charge in [0.2, 0.25) is 17.2 Å². The zero-order valence-corrected chi connectivity index (χ0v) is 11.2. The van der Waals surface area contributed by atoms with Crippen molar-refractivity contribution in [1.29, 1.82) is 5.26 Å². The standard InChI is InChI=1S/C11H15ClN6/c1-17(2)10-14-9(12)15-11(16-10)18(7-3-6-13)8-4-5-8/h8H,3-5,7H2,1-2H3. The molecule has 18 heavy (non-hydrogen) atoms. The van der Waals surface area contributed by atoms with Crippen molar-refractivity contribution in [2.75, 3.05) is 30.4 Å². The second-order valence-electron chi connectivity index (χ2n) is 4.43. The molecule has 1 aliphatic rings. The highest BCUT2D eigenvalue weighted by atomic mass is 35.5. The number of nitriles is 1. The Kier molecular flexibility index (Phi) is 3.82. The molecule has 0 bridgehead atoms. The maximum absolute atomic E-state index is 8.70. The lowest BCUT2D eigenvalue weighted by atomic mass is 10.4. The summed E-state index contributed by atoms with van der Waals surface area (Å²) in [6.07, 6.45) is 2.69. The van der Waals surface area contributed by atoms with Gasteiger partial charge in [0.1, 0.15) is 0 Å². The molecule has 0 unspecified atom stereocenters. The molecule has 1 saturated carbocycles. The molecule has 0 amide bonds. The third kappa shape index (κ3) is 2.99. The van der Waals surface area contributed by atoms with E-state index in [1.165, 1.54) is 0 Å². The molecule has 96 valence electrons. The number of aromatic nitrogens is 3. The highest BCUT2D eigenvalue weighted by molar-refractivity contribution is 6.28. The largest absolute Gasteiger partial charge is 0.347 e. The maximum atomic E-state index is 8.70. The van der Waals surface area contributed by atoms with Gasteiger partial charge in [-0.3, -0.25) is 0 Å². The molecule has 6 nitrogen and oxygen atoms in total. The number of anilines is 2. The van der Waals surface area contributed by atoms with Crippen molar-refractivity contribution in [1.82, 2.24) is 15.0 Å². The third-order valence-corrected chi connectivity index (χ3v) is 2.86. The van der Waals surface area contributed by atoms with Gasteiger partial charge in [0.05, 0.1) is 12.5 Å². The molecule has 1 fully saturated rings. The van der Waals surface area contributed by atoms with Gasteiger partial charge in [-0.15, -0.1) is 0 Å². The fourth-order valence-corrected chi connectivity index (χ4v) is 1.81. The van der Waals surface area contributed by atoms with Crippen LogP contribution >= 0.6 is 11.6 Å². The van der Waals surface area contributed by atoms with Crippen molar-refractivity contribution in [3.05, 3.63) is 5.28 Å². The normalized spacial score (nSPS) is 14.1. The van der Waals surface area contributed by atoms with Crippen LogP contribution in [0.25, 0.3) is 0 Å². The van der Waals surface area contributed by atoms with E-state index in [2.05, 4.69) is 21.0 Å². The van der Waals surface area contributed by atoms with Gasteiger partial charge in [-0.1, -0.05) is 0 Å². The summed E-state index contributed by atoms with van der Waals surface area (Å²) < 4.78 is 0. The van der Waals surface area contributed by atoms with Crippen molar-refractivity contribution in [3.8, 4) is 6.07 Å². The van der Waals surface area contributed by atoms with Gasteiger partial charge in [-0.05, 0) is 24.4 Å². The Balaban J connectivity index is 2.26. The predicted molar refractivity (Wildman–Crippen MR) is 69.8 cm³/mol. The minimum atomic E-state index is 0.186. The Morgan fingerprint density at radius 1 is 1.28 bits per heavy atom. The van der Waals surface area contributed by atoms with E-state index >= 15 is 0 Å². The third-order valence-electron chi connectivity index (χ3n) is 2.69. The summed E-state index contributed by atoms with van der Waals surface area (Å²) in [6, 6.07) is 2.58. The van der Waals surface area contributed by atoms with Crippen LogP contribution in [0.4, 0.5) is 11.9 Å². The molecule has 2 rings (SSSR count). The van der Waals surface area contributed by atoms with Crippen LogP contribution in [0.5, 0.6) is 0 Å². The Labute approximate surface area is 111 Å². The van der Waals surface area contributed by atoms with Gasteiger partial charge in [-0.2, -0.15) is 20.2 Å². The fraction of sp³-hybridized carbons (Fsp3) is 0.636. The summed E-state index contributed by atoms with van der Waals surface area (Å²) in [5.41, 5.74) is 0. The SMILES string of the molecule is CN(C)c1nc(Cl)nc(N(CCC#N)C2CC2)n1. The number of halogens is 1. The first kappa shape index (κ1) is 12.8. The fourth-order valence-electron chi connectivity index (χ4n) is 1.66. The Morgan fingerprint density at radius 3 is 2.50 bits per heavy atom. The average molecular weight is 267 g/mol. The van der Waals surface area contributed by atoms with Gasteiger partial charge >= 0.3 is 0 Å². The summed E-state index contributed by atoms with van der Waals surface area (Å²) in [4.78, 5) is 16.4. The zero-order valence-electron chi connectivity index (χ0n) is 10.5. The van der Waals surface area contributed by atoms with E-state index in [4.69, 9.17) is 16.9 Å². The van der Waals surface area contributed by atoms with E-state index in [1.807, 2.05) is 19.0 Å². The summed E-state index contributed by atoms with van der Waals surface area (Å²) >= 11 is 5.92. The minimum Gasteiger partial charge on any atom is -0.347 e. The highest BCUT2D eigenvalue weighted by Crippen LogP contribution is 2.30. The quantitative estimate of drug-likeness (QED) is 0.804. The zero-order chi connectivity index (χ0) is 13.1. The Morgan fingerprint density at radius 2 is 1.94 bits per heavy atom. The Bertz CT molecular complexity index is 465. The van der Waals surface area contributed by atoms with Crippen molar-refractivity contribution < 1.29 is 0 Å². The van der Waals surface area contributed by atoms with Crippen LogP contribution in [0.1, 0.15) is 19.3 Å². The van der Waals surface area contributed by atoms with Crippen LogP contribution < -0.4 is 9.80 Å². The molecule has 0 aromatic carbocycles. The van der Waals surface area contributed by atoms with Crippen molar-refractivity contribution in [2.45, 2.75) is 25.3 Å².